The van der Waals surface area contributed by atoms with E-state index in [0.29, 0.717) is 31.1 Å². The smallest absolute Gasteiger partial charge is 0.352 e. The lowest BCUT2D eigenvalue weighted by molar-refractivity contribution is -0.141. The van der Waals surface area contributed by atoms with Crippen LogP contribution in [0.2, 0.25) is 0 Å². The topological polar surface area (TPSA) is 80.1 Å². The van der Waals surface area contributed by atoms with Crippen molar-refractivity contribution in [3.63, 3.8) is 0 Å². The zero-order chi connectivity index (χ0) is 26.7. The Morgan fingerprint density at radius 3 is 2.45 bits per heavy atom. The molecule has 1 aliphatic heterocycles. The van der Waals surface area contributed by atoms with Crippen LogP contribution in [0.4, 0.5) is 13.2 Å². The van der Waals surface area contributed by atoms with E-state index in [9.17, 15) is 22.8 Å². The fraction of sp³-hybridized carbons (Fsp3) is 0.333. The second kappa shape index (κ2) is 10.9. The van der Waals surface area contributed by atoms with Gasteiger partial charge in [0, 0.05) is 38.2 Å². The van der Waals surface area contributed by atoms with Crippen molar-refractivity contribution in [2.45, 2.75) is 37.8 Å². The summed E-state index contributed by atoms with van der Waals surface area (Å²) in [5.41, 5.74) is -0.382. The number of alkyl halides is 3. The van der Waals surface area contributed by atoms with Crippen LogP contribution >= 0.6 is 11.3 Å². The third-order valence-corrected chi connectivity index (χ3v) is 7.81. The number of para-hydroxylation sites is 2. The number of hydrogen-bond donors (Lipinski definition) is 1. The summed E-state index contributed by atoms with van der Waals surface area (Å²) >= 11 is 1.70. The minimum atomic E-state index is -4.78. The third kappa shape index (κ3) is 5.72. The summed E-state index contributed by atoms with van der Waals surface area (Å²) < 4.78 is 42.8. The van der Waals surface area contributed by atoms with Gasteiger partial charge in [0.1, 0.15) is 0 Å². The molecule has 198 valence electrons. The summed E-state index contributed by atoms with van der Waals surface area (Å²) in [6.07, 6.45) is -1.48. The molecule has 7 nitrogen and oxygen atoms in total. The Morgan fingerprint density at radius 1 is 1.03 bits per heavy atom. The number of carbonyl (C=O) groups is 2. The van der Waals surface area contributed by atoms with Crippen LogP contribution in [0.25, 0.3) is 15.9 Å². The van der Waals surface area contributed by atoms with Gasteiger partial charge in [-0.2, -0.15) is 18.3 Å². The minimum Gasteiger partial charge on any atom is -0.352 e. The molecular formula is C27H26F3N5O2S. The molecule has 0 aliphatic carbocycles. The first-order valence-electron chi connectivity index (χ1n) is 12.4. The van der Waals surface area contributed by atoms with Gasteiger partial charge in [-0.05, 0) is 43.5 Å². The lowest BCUT2D eigenvalue weighted by Crippen LogP contribution is -2.38. The molecule has 2 aromatic carbocycles. The molecule has 0 bridgehead atoms. The van der Waals surface area contributed by atoms with E-state index >= 15 is 0 Å². The number of nitrogens with zero attached hydrogens (tertiary/aromatic N) is 4. The fourth-order valence-electron chi connectivity index (χ4n) is 4.60. The highest BCUT2D eigenvalue weighted by Gasteiger charge is 2.39. The van der Waals surface area contributed by atoms with Crippen LogP contribution in [0, 0.1) is 0 Å². The lowest BCUT2D eigenvalue weighted by Gasteiger charge is -2.31. The number of hydrogen-bond acceptors (Lipinski definition) is 5. The average Bonchev–Trinajstić information content (AvgIpc) is 3.57. The zero-order valence-electron chi connectivity index (χ0n) is 20.4. The van der Waals surface area contributed by atoms with Crippen molar-refractivity contribution < 1.29 is 22.8 Å². The van der Waals surface area contributed by atoms with Crippen molar-refractivity contribution >= 4 is 33.4 Å². The Bertz CT molecular complexity index is 1390. The van der Waals surface area contributed by atoms with E-state index in [1.165, 1.54) is 0 Å². The molecule has 1 aliphatic rings. The average molecular weight is 542 g/mol. The van der Waals surface area contributed by atoms with Crippen LogP contribution in [-0.2, 0) is 11.0 Å². The molecule has 1 saturated heterocycles. The molecule has 2 amide bonds. The summed E-state index contributed by atoms with van der Waals surface area (Å²) in [4.78, 5) is 31.8. The molecule has 0 saturated carbocycles. The molecule has 0 spiro atoms. The first-order valence-corrected chi connectivity index (χ1v) is 13.2. The predicted molar refractivity (Wildman–Crippen MR) is 138 cm³/mol. The summed E-state index contributed by atoms with van der Waals surface area (Å²) in [6, 6.07) is 16.3. The summed E-state index contributed by atoms with van der Waals surface area (Å²) in [6.45, 7) is 1.36. The van der Waals surface area contributed by atoms with Crippen LogP contribution in [0.5, 0.6) is 0 Å². The number of benzene rings is 2. The first kappa shape index (κ1) is 25.9. The van der Waals surface area contributed by atoms with Gasteiger partial charge in [-0.3, -0.25) is 9.59 Å². The quantitative estimate of drug-likeness (QED) is 0.317. The summed E-state index contributed by atoms with van der Waals surface area (Å²) in [5, 5.41) is 7.21. The number of carbonyl (C=O) groups excluding carboxylic acids is 2. The summed E-state index contributed by atoms with van der Waals surface area (Å²) in [7, 11) is 0. The van der Waals surface area contributed by atoms with E-state index in [1.54, 1.807) is 41.7 Å². The highest BCUT2D eigenvalue weighted by molar-refractivity contribution is 7.18. The molecule has 2 aromatic heterocycles. The Kier molecular flexibility index (Phi) is 7.46. The number of fused-ring (bicyclic) bond motifs is 1. The standard InChI is InChI=1S/C27H26F3N5O2S/c28-27(29,30)24-20(17-35(33-24)19-7-2-1-3-8-19)25(37)31-14-6-11-23(36)34-15-12-18(13-16-34)26-32-21-9-4-5-10-22(21)38-26/h1-5,7-10,17-18H,6,11-16H2,(H,31,37). The Balaban J connectivity index is 1.11. The molecule has 11 heteroatoms. The fourth-order valence-corrected chi connectivity index (χ4v) is 5.73. The Morgan fingerprint density at radius 2 is 1.74 bits per heavy atom. The molecule has 38 heavy (non-hydrogen) atoms. The highest BCUT2D eigenvalue weighted by atomic mass is 32.1. The molecule has 4 aromatic rings. The molecule has 1 N–H and O–H groups in total. The van der Waals surface area contributed by atoms with Gasteiger partial charge in [0.25, 0.3) is 5.91 Å². The van der Waals surface area contributed by atoms with Gasteiger partial charge in [0.15, 0.2) is 5.69 Å². The maximum absolute atomic E-state index is 13.5. The van der Waals surface area contributed by atoms with Crippen molar-refractivity contribution in [3.8, 4) is 5.69 Å². The number of amides is 2. The van der Waals surface area contributed by atoms with Crippen LogP contribution in [0.3, 0.4) is 0 Å². The van der Waals surface area contributed by atoms with Gasteiger partial charge in [-0.1, -0.05) is 30.3 Å². The van der Waals surface area contributed by atoms with Crippen LogP contribution in [-0.4, -0.2) is 51.1 Å². The van der Waals surface area contributed by atoms with Gasteiger partial charge in [0.2, 0.25) is 5.91 Å². The largest absolute Gasteiger partial charge is 0.435 e. The van der Waals surface area contributed by atoms with Crippen molar-refractivity contribution in [2.75, 3.05) is 19.6 Å². The normalized spacial score (nSPS) is 14.7. The van der Waals surface area contributed by atoms with Gasteiger partial charge in [0.05, 0.1) is 26.5 Å². The molecule has 0 radical (unpaired) electrons. The summed E-state index contributed by atoms with van der Waals surface area (Å²) in [5.74, 6) is -0.561. The monoisotopic (exact) mass is 541 g/mol. The van der Waals surface area contributed by atoms with Crippen molar-refractivity contribution in [1.29, 1.82) is 0 Å². The number of likely N-dealkylation sites (tertiary alicyclic amines) is 1. The maximum Gasteiger partial charge on any atom is 0.435 e. The Hall–Kier alpha value is -3.73. The second-order valence-electron chi connectivity index (χ2n) is 9.20. The van der Waals surface area contributed by atoms with Crippen LogP contribution in [0.1, 0.15) is 52.7 Å². The second-order valence-corrected chi connectivity index (χ2v) is 10.3. The third-order valence-electron chi connectivity index (χ3n) is 6.61. The van der Waals surface area contributed by atoms with Gasteiger partial charge >= 0.3 is 6.18 Å². The van der Waals surface area contributed by atoms with E-state index in [2.05, 4.69) is 16.5 Å². The molecule has 0 unspecified atom stereocenters. The SMILES string of the molecule is O=C(NCCCC(=O)N1CCC(c2nc3ccccc3s2)CC1)c1cn(-c2ccccc2)nc1C(F)(F)F. The number of nitrogens with one attached hydrogen (secondary N) is 1. The molecule has 1 fully saturated rings. The van der Waals surface area contributed by atoms with Crippen molar-refractivity contribution in [1.82, 2.24) is 25.0 Å². The lowest BCUT2D eigenvalue weighted by atomic mass is 9.97. The number of rotatable bonds is 7. The minimum absolute atomic E-state index is 0.0186. The number of piperidine rings is 1. The number of aromatic nitrogens is 3. The van der Waals surface area contributed by atoms with Gasteiger partial charge in [-0.25, -0.2) is 9.67 Å². The predicted octanol–water partition coefficient (Wildman–Crippen LogP) is 5.42. The van der Waals surface area contributed by atoms with Crippen LogP contribution < -0.4 is 5.32 Å². The maximum atomic E-state index is 13.5. The molecular weight excluding hydrogens is 515 g/mol. The number of halogens is 3. The van der Waals surface area contributed by atoms with Gasteiger partial charge in [-0.15, -0.1) is 11.3 Å². The van der Waals surface area contributed by atoms with Crippen LogP contribution in [0.15, 0.2) is 60.8 Å². The number of thiazole rings is 1. The van der Waals surface area contributed by atoms with E-state index in [4.69, 9.17) is 4.98 Å². The molecule has 0 atom stereocenters. The molecule has 3 heterocycles. The van der Waals surface area contributed by atoms with Crippen molar-refractivity contribution in [3.05, 3.63) is 77.1 Å². The molecule has 5 rings (SSSR count). The zero-order valence-corrected chi connectivity index (χ0v) is 21.3. The first-order chi connectivity index (χ1) is 18.3. The Labute approximate surface area is 221 Å². The van der Waals surface area contributed by atoms with Gasteiger partial charge < -0.3 is 10.2 Å². The van der Waals surface area contributed by atoms with E-state index in [1.807, 2.05) is 23.1 Å². The van der Waals surface area contributed by atoms with E-state index < -0.39 is 23.3 Å². The van der Waals surface area contributed by atoms with Crippen molar-refractivity contribution in [2.24, 2.45) is 0 Å². The highest BCUT2D eigenvalue weighted by Crippen LogP contribution is 2.34. The van der Waals surface area contributed by atoms with E-state index in [0.717, 1.165) is 38.9 Å². The van der Waals surface area contributed by atoms with E-state index in [-0.39, 0.29) is 18.9 Å².